The molecule has 1 aliphatic rings. The summed E-state index contributed by atoms with van der Waals surface area (Å²) < 4.78 is 1.67. The highest BCUT2D eigenvalue weighted by atomic mass is 35.5. The first-order valence-corrected chi connectivity index (χ1v) is 7.69. The first-order valence-electron chi connectivity index (χ1n) is 6.49. The number of aryl methyl sites for hydroxylation is 1. The molecular weight excluding hydrogens is 310 g/mol. The molecule has 6 nitrogen and oxygen atoms in total. The molecule has 2 heterocycles. The van der Waals surface area contributed by atoms with Crippen LogP contribution in [0.3, 0.4) is 0 Å². The number of fused-ring (bicyclic) bond motifs is 1. The van der Waals surface area contributed by atoms with E-state index in [0.717, 1.165) is 21.3 Å². The average molecular weight is 324 g/mol. The van der Waals surface area contributed by atoms with Crippen molar-refractivity contribution < 1.29 is 4.79 Å². The van der Waals surface area contributed by atoms with Gasteiger partial charge in [0.15, 0.2) is 5.16 Å². The van der Waals surface area contributed by atoms with E-state index in [1.54, 1.807) is 4.68 Å². The third-order valence-electron chi connectivity index (χ3n) is 3.21. The topological polar surface area (TPSA) is 71.8 Å². The highest BCUT2D eigenvalue weighted by molar-refractivity contribution is 7.99. The van der Waals surface area contributed by atoms with Gasteiger partial charge in [-0.3, -0.25) is 4.79 Å². The number of likely N-dealkylation sites (N-methyl/N-ethyl adjacent to an activating group) is 1. The molecule has 1 aromatic heterocycles. The second-order valence-electron chi connectivity index (χ2n) is 4.62. The van der Waals surface area contributed by atoms with Gasteiger partial charge in [0.2, 0.25) is 5.91 Å². The number of anilines is 1. The molecule has 0 aliphatic carbocycles. The summed E-state index contributed by atoms with van der Waals surface area (Å²) in [5.41, 5.74) is 1.68. The summed E-state index contributed by atoms with van der Waals surface area (Å²) >= 11 is 7.76. The summed E-state index contributed by atoms with van der Waals surface area (Å²) in [7, 11) is 1.82. The minimum Gasteiger partial charge on any atom is -0.324 e. The monoisotopic (exact) mass is 323 g/mol. The summed E-state index contributed by atoms with van der Waals surface area (Å²) in [5.74, 6) is -0.0521. The molecule has 21 heavy (non-hydrogen) atoms. The van der Waals surface area contributed by atoms with Crippen molar-refractivity contribution in [2.24, 2.45) is 7.05 Å². The van der Waals surface area contributed by atoms with Gasteiger partial charge in [0.25, 0.3) is 0 Å². The molecule has 1 unspecified atom stereocenters. The molecule has 8 heteroatoms. The lowest BCUT2D eigenvalue weighted by Gasteiger charge is -2.11. The minimum atomic E-state index is -0.337. The van der Waals surface area contributed by atoms with E-state index in [1.165, 1.54) is 18.1 Å². The fraction of sp³-hybridized carbons (Fsp3) is 0.308. The highest BCUT2D eigenvalue weighted by Crippen LogP contribution is 2.40. The molecule has 0 spiro atoms. The van der Waals surface area contributed by atoms with Crippen LogP contribution in [0.4, 0.5) is 5.69 Å². The van der Waals surface area contributed by atoms with Crippen molar-refractivity contribution in [1.82, 2.24) is 20.1 Å². The molecule has 2 aromatic rings. The predicted molar refractivity (Wildman–Crippen MR) is 81.6 cm³/mol. The van der Waals surface area contributed by atoms with Crippen molar-refractivity contribution in [1.29, 1.82) is 0 Å². The number of nitrogens with one attached hydrogen (secondary N) is 2. The van der Waals surface area contributed by atoms with E-state index in [9.17, 15) is 4.79 Å². The maximum Gasteiger partial charge on any atom is 0.246 e. The Morgan fingerprint density at radius 2 is 2.33 bits per heavy atom. The van der Waals surface area contributed by atoms with Crippen molar-refractivity contribution in [3.8, 4) is 0 Å². The summed E-state index contributed by atoms with van der Waals surface area (Å²) in [6, 6.07) is 3.38. The molecular formula is C13H14ClN5OS. The van der Waals surface area contributed by atoms with Gasteiger partial charge in [-0.1, -0.05) is 18.5 Å². The number of halogens is 1. The van der Waals surface area contributed by atoms with E-state index in [-0.39, 0.29) is 11.9 Å². The molecule has 110 valence electrons. The third-order valence-corrected chi connectivity index (χ3v) is 4.75. The van der Waals surface area contributed by atoms with E-state index >= 15 is 0 Å². The summed E-state index contributed by atoms with van der Waals surface area (Å²) in [5, 5.41) is 11.4. The number of amides is 1. The number of nitrogens with zero attached hydrogens (tertiary/aromatic N) is 3. The summed E-state index contributed by atoms with van der Waals surface area (Å²) in [6.07, 6.45) is 1.49. The van der Waals surface area contributed by atoms with Crippen molar-refractivity contribution in [2.75, 3.05) is 11.9 Å². The van der Waals surface area contributed by atoms with Gasteiger partial charge in [0.05, 0.1) is 5.02 Å². The molecule has 1 aliphatic heterocycles. The van der Waals surface area contributed by atoms with Gasteiger partial charge in [0.1, 0.15) is 12.4 Å². The largest absolute Gasteiger partial charge is 0.324 e. The Kier molecular flexibility index (Phi) is 3.88. The number of rotatable bonds is 4. The van der Waals surface area contributed by atoms with Gasteiger partial charge >= 0.3 is 0 Å². The smallest absolute Gasteiger partial charge is 0.246 e. The van der Waals surface area contributed by atoms with E-state index < -0.39 is 0 Å². The van der Waals surface area contributed by atoms with Gasteiger partial charge in [-0.25, -0.2) is 9.67 Å². The lowest BCUT2D eigenvalue weighted by molar-refractivity contribution is -0.117. The summed E-state index contributed by atoms with van der Waals surface area (Å²) in [4.78, 5) is 17.0. The maximum atomic E-state index is 12.0. The Morgan fingerprint density at radius 3 is 3.00 bits per heavy atom. The van der Waals surface area contributed by atoms with Crippen molar-refractivity contribution in [2.45, 2.75) is 23.0 Å². The average Bonchev–Trinajstić information content (AvgIpc) is 2.97. The van der Waals surface area contributed by atoms with Crippen LogP contribution in [0.15, 0.2) is 28.5 Å². The fourth-order valence-electron chi connectivity index (χ4n) is 2.22. The Morgan fingerprint density at radius 1 is 1.52 bits per heavy atom. The standard InChI is InChI=1S/C13H14ClN5OS/c1-3-15-11-7-4-8(14)10(5-9(7)18-12(11)20)21-13-16-6-17-19(13)2/h4-6,11,15H,3H2,1-2H3,(H,18,20). The lowest BCUT2D eigenvalue weighted by atomic mass is 10.1. The molecule has 0 radical (unpaired) electrons. The van der Waals surface area contributed by atoms with Crippen molar-refractivity contribution in [3.63, 3.8) is 0 Å². The van der Waals surface area contributed by atoms with E-state index in [1.807, 2.05) is 26.1 Å². The van der Waals surface area contributed by atoms with Crippen LogP contribution in [0.2, 0.25) is 5.02 Å². The molecule has 0 saturated carbocycles. The molecule has 0 bridgehead atoms. The number of hydrogen-bond donors (Lipinski definition) is 2. The number of hydrogen-bond acceptors (Lipinski definition) is 5. The predicted octanol–water partition coefficient (Wildman–Crippen LogP) is 2.22. The number of aromatic nitrogens is 3. The normalized spacial score (nSPS) is 16.9. The molecule has 0 saturated heterocycles. The first kappa shape index (κ1) is 14.4. The molecule has 0 fully saturated rings. The van der Waals surface area contributed by atoms with Gasteiger partial charge in [-0.2, -0.15) is 5.10 Å². The second kappa shape index (κ2) is 5.67. The molecule has 2 N–H and O–H groups in total. The van der Waals surface area contributed by atoms with Gasteiger partial charge in [0, 0.05) is 23.2 Å². The van der Waals surface area contributed by atoms with E-state index in [4.69, 9.17) is 11.6 Å². The van der Waals surface area contributed by atoms with Crippen LogP contribution in [0.1, 0.15) is 18.5 Å². The Labute approximate surface area is 131 Å². The van der Waals surface area contributed by atoms with Crippen LogP contribution in [0, 0.1) is 0 Å². The molecule has 1 aromatic carbocycles. The van der Waals surface area contributed by atoms with Crippen LogP contribution in [-0.2, 0) is 11.8 Å². The van der Waals surface area contributed by atoms with Gasteiger partial charge < -0.3 is 10.6 Å². The van der Waals surface area contributed by atoms with Gasteiger partial charge in [-0.15, -0.1) is 0 Å². The molecule has 3 rings (SSSR count). The fourth-order valence-corrected chi connectivity index (χ4v) is 3.32. The van der Waals surface area contributed by atoms with E-state index in [2.05, 4.69) is 20.7 Å². The number of carbonyl (C=O) groups excluding carboxylic acids is 1. The zero-order valence-corrected chi connectivity index (χ0v) is 13.1. The first-order chi connectivity index (χ1) is 10.1. The second-order valence-corrected chi connectivity index (χ2v) is 6.03. The van der Waals surface area contributed by atoms with Crippen molar-refractivity contribution >= 4 is 35.0 Å². The van der Waals surface area contributed by atoms with Crippen LogP contribution in [-0.4, -0.2) is 27.2 Å². The SMILES string of the molecule is CCNC1C(=O)Nc2cc(Sc3ncnn3C)c(Cl)cc21. The quantitative estimate of drug-likeness (QED) is 0.902. The van der Waals surface area contributed by atoms with E-state index in [0.29, 0.717) is 11.6 Å². The molecule has 1 amide bonds. The number of benzene rings is 1. The van der Waals surface area contributed by atoms with Gasteiger partial charge in [-0.05, 0) is 30.4 Å². The lowest BCUT2D eigenvalue weighted by Crippen LogP contribution is -2.27. The van der Waals surface area contributed by atoms with Crippen molar-refractivity contribution in [3.05, 3.63) is 29.0 Å². The maximum absolute atomic E-state index is 12.0. The summed E-state index contributed by atoms with van der Waals surface area (Å²) in [6.45, 7) is 2.68. The molecule has 1 atom stereocenters. The zero-order chi connectivity index (χ0) is 15.0. The number of carbonyl (C=O) groups is 1. The Bertz CT molecular complexity index is 702. The minimum absolute atomic E-state index is 0.0521. The zero-order valence-electron chi connectivity index (χ0n) is 11.6. The highest BCUT2D eigenvalue weighted by Gasteiger charge is 2.30. The Hall–Kier alpha value is -1.57. The van der Waals surface area contributed by atoms with Crippen LogP contribution < -0.4 is 10.6 Å². The van der Waals surface area contributed by atoms with Crippen LogP contribution in [0.5, 0.6) is 0 Å². The van der Waals surface area contributed by atoms with Crippen LogP contribution in [0.25, 0.3) is 0 Å². The third kappa shape index (κ3) is 2.64. The van der Waals surface area contributed by atoms with Crippen LogP contribution >= 0.6 is 23.4 Å². The Balaban J connectivity index is 1.94.